The molecule has 24 heavy (non-hydrogen) atoms. The number of nitrogens with zero attached hydrogens (tertiary/aromatic N) is 3. The van der Waals surface area contributed by atoms with E-state index in [0.29, 0.717) is 12.8 Å². The fourth-order valence-electron chi connectivity index (χ4n) is 3.22. The Hall–Kier alpha value is -2.66. The highest BCUT2D eigenvalue weighted by atomic mass is 16.2. The predicted octanol–water partition coefficient (Wildman–Crippen LogP) is 2.85. The summed E-state index contributed by atoms with van der Waals surface area (Å²) in [5, 5.41) is 17.9. The highest BCUT2D eigenvalue weighted by Gasteiger charge is 2.51. The van der Waals surface area contributed by atoms with E-state index in [1.807, 2.05) is 44.2 Å². The zero-order chi connectivity index (χ0) is 17.7. The van der Waals surface area contributed by atoms with Crippen LogP contribution in [0, 0.1) is 35.5 Å². The van der Waals surface area contributed by atoms with Crippen LogP contribution in [0.4, 0.5) is 0 Å². The summed E-state index contributed by atoms with van der Waals surface area (Å²) in [6, 6.07) is 11.8. The lowest BCUT2D eigenvalue weighted by atomic mass is 9.76. The molecule has 2 amide bonds. The van der Waals surface area contributed by atoms with Crippen LogP contribution in [0.25, 0.3) is 0 Å². The van der Waals surface area contributed by atoms with Gasteiger partial charge in [0.05, 0.1) is 23.5 Å². The smallest absolute Gasteiger partial charge is 0.240 e. The summed E-state index contributed by atoms with van der Waals surface area (Å²) in [6.45, 7) is 3.96. The minimum atomic E-state index is -0.833. The van der Waals surface area contributed by atoms with Crippen LogP contribution in [-0.2, 0) is 15.0 Å². The molecule has 0 radical (unpaired) electrons. The van der Waals surface area contributed by atoms with Crippen LogP contribution in [0.15, 0.2) is 24.3 Å². The van der Waals surface area contributed by atoms with Gasteiger partial charge in [0.15, 0.2) is 0 Å². The SMILES string of the molecule is CC[C@]1(c2ccc(C)cc2)CC(=O)N(C[C@H](C#N)CCC#N)C1=O. The van der Waals surface area contributed by atoms with Crippen molar-refractivity contribution in [3.63, 3.8) is 0 Å². The Morgan fingerprint density at radius 2 is 1.92 bits per heavy atom. The lowest BCUT2D eigenvalue weighted by molar-refractivity contribution is -0.140. The third-order valence-electron chi connectivity index (χ3n) is 4.81. The molecular weight excluding hydrogens is 302 g/mol. The van der Waals surface area contributed by atoms with E-state index >= 15 is 0 Å². The molecule has 1 saturated heterocycles. The number of benzene rings is 1. The molecule has 0 saturated carbocycles. The van der Waals surface area contributed by atoms with Crippen LogP contribution in [0.2, 0.25) is 0 Å². The van der Waals surface area contributed by atoms with Gasteiger partial charge in [-0.15, -0.1) is 0 Å². The molecule has 1 aliphatic heterocycles. The summed E-state index contributed by atoms with van der Waals surface area (Å²) in [6.07, 6.45) is 1.29. The number of carbonyl (C=O) groups is 2. The first-order valence-electron chi connectivity index (χ1n) is 8.17. The Labute approximate surface area is 142 Å². The molecule has 1 aliphatic rings. The highest BCUT2D eigenvalue weighted by Crippen LogP contribution is 2.40. The summed E-state index contributed by atoms with van der Waals surface area (Å²) in [4.78, 5) is 26.7. The maximum atomic E-state index is 13.0. The molecule has 0 unspecified atom stereocenters. The topological polar surface area (TPSA) is 85.0 Å². The molecule has 5 heteroatoms. The first kappa shape index (κ1) is 17.7. The van der Waals surface area contributed by atoms with E-state index in [4.69, 9.17) is 5.26 Å². The molecule has 1 aromatic carbocycles. The van der Waals surface area contributed by atoms with Gasteiger partial charge in [0, 0.05) is 19.4 Å². The second kappa shape index (κ2) is 7.27. The van der Waals surface area contributed by atoms with E-state index in [2.05, 4.69) is 6.07 Å². The number of amides is 2. The molecule has 0 spiro atoms. The standard InChI is InChI=1S/C19H21N3O2/c1-3-19(16-8-6-14(2)7-9-16)11-17(23)22(18(19)24)13-15(12-21)5-4-10-20/h6-9,15H,3-5,11,13H2,1-2H3/t15-,19+/m0/s1. The van der Waals surface area contributed by atoms with Crippen LogP contribution < -0.4 is 0 Å². The van der Waals surface area contributed by atoms with Crippen LogP contribution in [0.3, 0.4) is 0 Å². The molecule has 2 rings (SSSR count). The van der Waals surface area contributed by atoms with Crippen LogP contribution >= 0.6 is 0 Å². The van der Waals surface area contributed by atoms with Gasteiger partial charge in [-0.2, -0.15) is 10.5 Å². The van der Waals surface area contributed by atoms with E-state index in [-0.39, 0.29) is 31.2 Å². The molecule has 0 bridgehead atoms. The minimum absolute atomic E-state index is 0.0729. The largest absolute Gasteiger partial charge is 0.280 e. The summed E-state index contributed by atoms with van der Waals surface area (Å²) in [7, 11) is 0. The quantitative estimate of drug-likeness (QED) is 0.753. The second-order valence-corrected chi connectivity index (χ2v) is 6.31. The van der Waals surface area contributed by atoms with Gasteiger partial charge in [0.1, 0.15) is 0 Å². The first-order chi connectivity index (χ1) is 11.5. The van der Waals surface area contributed by atoms with Gasteiger partial charge in [-0.25, -0.2) is 0 Å². The molecule has 124 valence electrons. The summed E-state index contributed by atoms with van der Waals surface area (Å²) in [5.41, 5.74) is 1.11. The second-order valence-electron chi connectivity index (χ2n) is 6.31. The first-order valence-corrected chi connectivity index (χ1v) is 8.17. The molecule has 0 aliphatic carbocycles. The average molecular weight is 323 g/mol. The molecule has 5 nitrogen and oxygen atoms in total. The van der Waals surface area contributed by atoms with Crippen molar-refractivity contribution in [2.24, 2.45) is 5.92 Å². The number of rotatable bonds is 6. The normalized spacial score (nSPS) is 21.4. The Balaban J connectivity index is 2.27. The maximum Gasteiger partial charge on any atom is 0.240 e. The van der Waals surface area contributed by atoms with E-state index in [0.717, 1.165) is 11.1 Å². The van der Waals surface area contributed by atoms with Gasteiger partial charge >= 0.3 is 0 Å². The minimum Gasteiger partial charge on any atom is -0.280 e. The molecule has 0 aromatic heterocycles. The average Bonchev–Trinajstić information content (AvgIpc) is 2.83. The van der Waals surface area contributed by atoms with E-state index in [1.54, 1.807) is 0 Å². The number of hydrogen-bond acceptors (Lipinski definition) is 4. The van der Waals surface area contributed by atoms with E-state index < -0.39 is 11.3 Å². The third kappa shape index (κ3) is 3.16. The molecule has 1 heterocycles. The van der Waals surface area contributed by atoms with Crippen molar-refractivity contribution in [3.8, 4) is 12.1 Å². The number of imide groups is 1. The lowest BCUT2D eigenvalue weighted by Crippen LogP contribution is -2.40. The number of hydrogen-bond donors (Lipinski definition) is 0. The van der Waals surface area contributed by atoms with E-state index in [9.17, 15) is 14.9 Å². The van der Waals surface area contributed by atoms with Crippen LogP contribution in [0.1, 0.15) is 43.7 Å². The molecule has 1 fully saturated rings. The van der Waals surface area contributed by atoms with Crippen LogP contribution in [-0.4, -0.2) is 23.3 Å². The highest BCUT2D eigenvalue weighted by molar-refractivity contribution is 6.09. The third-order valence-corrected chi connectivity index (χ3v) is 4.81. The van der Waals surface area contributed by atoms with Gasteiger partial charge in [0.2, 0.25) is 11.8 Å². The van der Waals surface area contributed by atoms with Crippen molar-refractivity contribution in [1.29, 1.82) is 10.5 Å². The predicted molar refractivity (Wildman–Crippen MR) is 88.4 cm³/mol. The Bertz CT molecular complexity index is 712. The Morgan fingerprint density at radius 1 is 1.25 bits per heavy atom. The summed E-state index contributed by atoms with van der Waals surface area (Å²) < 4.78 is 0. The van der Waals surface area contributed by atoms with Gasteiger partial charge < -0.3 is 0 Å². The lowest BCUT2D eigenvalue weighted by Gasteiger charge is -2.26. The zero-order valence-electron chi connectivity index (χ0n) is 14.1. The number of carbonyl (C=O) groups excluding carboxylic acids is 2. The van der Waals surface area contributed by atoms with Gasteiger partial charge in [-0.3, -0.25) is 14.5 Å². The van der Waals surface area contributed by atoms with Crippen molar-refractivity contribution in [3.05, 3.63) is 35.4 Å². The van der Waals surface area contributed by atoms with Crippen molar-refractivity contribution in [2.45, 2.75) is 44.9 Å². The van der Waals surface area contributed by atoms with Crippen molar-refractivity contribution >= 4 is 11.8 Å². The fourth-order valence-corrected chi connectivity index (χ4v) is 3.22. The number of nitriles is 2. The monoisotopic (exact) mass is 323 g/mol. The maximum absolute atomic E-state index is 13.0. The van der Waals surface area contributed by atoms with Gasteiger partial charge in [-0.05, 0) is 25.3 Å². The Morgan fingerprint density at radius 3 is 2.46 bits per heavy atom. The van der Waals surface area contributed by atoms with E-state index in [1.165, 1.54) is 4.90 Å². The number of aryl methyl sites for hydroxylation is 1. The zero-order valence-corrected chi connectivity index (χ0v) is 14.1. The molecule has 1 aromatic rings. The van der Waals surface area contributed by atoms with Crippen molar-refractivity contribution in [1.82, 2.24) is 4.90 Å². The summed E-state index contributed by atoms with van der Waals surface area (Å²) in [5.74, 6) is -0.959. The van der Waals surface area contributed by atoms with Crippen molar-refractivity contribution in [2.75, 3.05) is 6.54 Å². The Kier molecular flexibility index (Phi) is 5.36. The van der Waals surface area contributed by atoms with Crippen molar-refractivity contribution < 1.29 is 9.59 Å². The number of likely N-dealkylation sites (tertiary alicyclic amines) is 1. The molecule has 2 atom stereocenters. The van der Waals surface area contributed by atoms with Gasteiger partial charge in [0.25, 0.3) is 0 Å². The fraction of sp³-hybridized carbons (Fsp3) is 0.474. The van der Waals surface area contributed by atoms with Crippen LogP contribution in [0.5, 0.6) is 0 Å². The molecule has 0 N–H and O–H groups in total. The van der Waals surface area contributed by atoms with Gasteiger partial charge in [-0.1, -0.05) is 36.8 Å². The molecular formula is C19H21N3O2. The summed E-state index contributed by atoms with van der Waals surface area (Å²) >= 11 is 0.